The highest BCUT2D eigenvalue weighted by Gasteiger charge is 2.04. The summed E-state index contributed by atoms with van der Waals surface area (Å²) in [5, 5.41) is 0. The third kappa shape index (κ3) is 10.2. The Labute approximate surface area is 107 Å². The van der Waals surface area contributed by atoms with Crippen LogP contribution >= 0.6 is 24.0 Å². The van der Waals surface area contributed by atoms with Gasteiger partial charge in [0.2, 0.25) is 4.38 Å². The van der Waals surface area contributed by atoms with Crippen LogP contribution in [0.4, 0.5) is 0 Å². The first-order valence-electron chi connectivity index (χ1n) is 5.55. The SMILES string of the molecule is CCCCC(=O)OCCSC(=S)OC(C)C. The summed E-state index contributed by atoms with van der Waals surface area (Å²) in [6.07, 6.45) is 2.51. The Morgan fingerprint density at radius 3 is 2.69 bits per heavy atom. The largest absolute Gasteiger partial charge is 0.476 e. The maximum absolute atomic E-state index is 11.1. The normalized spacial score (nSPS) is 10.2. The number of esters is 1. The summed E-state index contributed by atoms with van der Waals surface area (Å²) in [4.78, 5) is 11.1. The van der Waals surface area contributed by atoms with Crippen molar-refractivity contribution in [3.8, 4) is 0 Å². The van der Waals surface area contributed by atoms with Crippen LogP contribution < -0.4 is 0 Å². The van der Waals surface area contributed by atoms with Crippen molar-refractivity contribution in [3.05, 3.63) is 0 Å². The molecule has 0 aliphatic carbocycles. The molecule has 16 heavy (non-hydrogen) atoms. The van der Waals surface area contributed by atoms with Crippen LogP contribution in [0.25, 0.3) is 0 Å². The van der Waals surface area contributed by atoms with E-state index in [2.05, 4.69) is 0 Å². The molecule has 0 heterocycles. The molecule has 0 atom stereocenters. The van der Waals surface area contributed by atoms with Gasteiger partial charge in [0.1, 0.15) is 6.61 Å². The van der Waals surface area contributed by atoms with Gasteiger partial charge in [0, 0.05) is 12.2 Å². The highest BCUT2D eigenvalue weighted by Crippen LogP contribution is 2.08. The van der Waals surface area contributed by atoms with Gasteiger partial charge >= 0.3 is 5.97 Å². The summed E-state index contributed by atoms with van der Waals surface area (Å²) >= 11 is 6.38. The molecule has 0 unspecified atom stereocenters. The zero-order chi connectivity index (χ0) is 12.4. The monoisotopic (exact) mass is 264 g/mol. The number of carbonyl (C=O) groups excluding carboxylic acids is 1. The molecule has 0 radical (unpaired) electrons. The third-order valence-corrected chi connectivity index (χ3v) is 2.79. The molecule has 3 nitrogen and oxygen atoms in total. The van der Waals surface area contributed by atoms with Crippen LogP contribution in [0.5, 0.6) is 0 Å². The van der Waals surface area contributed by atoms with Gasteiger partial charge in [-0.05, 0) is 32.5 Å². The first-order valence-corrected chi connectivity index (χ1v) is 6.94. The number of thiocarbonyl (C=S) groups is 1. The van der Waals surface area contributed by atoms with Gasteiger partial charge in [0.15, 0.2) is 0 Å². The fourth-order valence-corrected chi connectivity index (χ4v) is 1.94. The lowest BCUT2D eigenvalue weighted by atomic mass is 10.3. The van der Waals surface area contributed by atoms with E-state index in [-0.39, 0.29) is 12.1 Å². The van der Waals surface area contributed by atoms with Crippen molar-refractivity contribution in [1.29, 1.82) is 0 Å². The predicted octanol–water partition coefficient (Wildman–Crippen LogP) is 3.16. The lowest BCUT2D eigenvalue weighted by Gasteiger charge is -2.09. The highest BCUT2D eigenvalue weighted by molar-refractivity contribution is 8.22. The van der Waals surface area contributed by atoms with E-state index in [9.17, 15) is 4.79 Å². The topological polar surface area (TPSA) is 35.5 Å². The van der Waals surface area contributed by atoms with E-state index in [0.29, 0.717) is 23.2 Å². The molecule has 0 N–H and O–H groups in total. The molecule has 0 spiro atoms. The molecule has 94 valence electrons. The average Bonchev–Trinajstić information content (AvgIpc) is 2.20. The summed E-state index contributed by atoms with van der Waals surface area (Å²) in [5.41, 5.74) is 0. The van der Waals surface area contributed by atoms with E-state index in [1.165, 1.54) is 11.8 Å². The first kappa shape index (κ1) is 15.7. The summed E-state index contributed by atoms with van der Waals surface area (Å²) in [7, 11) is 0. The minimum absolute atomic E-state index is 0.104. The Kier molecular flexibility index (Phi) is 9.72. The van der Waals surface area contributed by atoms with Gasteiger partial charge in [0.25, 0.3) is 0 Å². The quantitative estimate of drug-likeness (QED) is 0.401. The average molecular weight is 264 g/mol. The zero-order valence-corrected chi connectivity index (χ0v) is 11.8. The maximum Gasteiger partial charge on any atom is 0.305 e. The van der Waals surface area contributed by atoms with Crippen LogP contribution in [0.2, 0.25) is 0 Å². The Morgan fingerprint density at radius 1 is 1.44 bits per heavy atom. The summed E-state index contributed by atoms with van der Waals surface area (Å²) < 4.78 is 10.8. The lowest BCUT2D eigenvalue weighted by Crippen LogP contribution is -2.10. The van der Waals surface area contributed by atoms with Gasteiger partial charge in [-0.1, -0.05) is 25.1 Å². The number of thioether (sulfide) groups is 1. The number of carbonyl (C=O) groups is 1. The second kappa shape index (κ2) is 9.90. The molecule has 0 bridgehead atoms. The molecule has 5 heteroatoms. The van der Waals surface area contributed by atoms with Crippen molar-refractivity contribution in [2.45, 2.75) is 46.1 Å². The third-order valence-electron chi connectivity index (χ3n) is 1.63. The Hall–Kier alpha value is -0.290. The molecule has 0 aliphatic rings. The van der Waals surface area contributed by atoms with Crippen LogP contribution in [0.15, 0.2) is 0 Å². The van der Waals surface area contributed by atoms with Crippen LogP contribution in [-0.4, -0.2) is 28.8 Å². The fourth-order valence-electron chi connectivity index (χ4n) is 0.900. The van der Waals surface area contributed by atoms with E-state index >= 15 is 0 Å². The minimum atomic E-state index is -0.127. The van der Waals surface area contributed by atoms with Crippen molar-refractivity contribution >= 4 is 34.3 Å². The number of hydrogen-bond acceptors (Lipinski definition) is 5. The highest BCUT2D eigenvalue weighted by atomic mass is 32.2. The van der Waals surface area contributed by atoms with Crippen molar-refractivity contribution in [3.63, 3.8) is 0 Å². The van der Waals surface area contributed by atoms with Crippen molar-refractivity contribution < 1.29 is 14.3 Å². The van der Waals surface area contributed by atoms with E-state index in [0.717, 1.165) is 12.8 Å². The molecular weight excluding hydrogens is 244 g/mol. The molecule has 0 fully saturated rings. The standard InChI is InChI=1S/C11H20O3S2/c1-4-5-6-10(12)13-7-8-16-11(15)14-9(2)3/h9H,4-8H2,1-3H3. The number of hydrogen-bond donors (Lipinski definition) is 0. The van der Waals surface area contributed by atoms with Crippen LogP contribution in [0.1, 0.15) is 40.0 Å². The molecule has 0 rings (SSSR count). The van der Waals surface area contributed by atoms with Crippen molar-refractivity contribution in [1.82, 2.24) is 0 Å². The maximum atomic E-state index is 11.1. The van der Waals surface area contributed by atoms with Gasteiger partial charge in [0.05, 0.1) is 6.10 Å². The van der Waals surface area contributed by atoms with E-state index in [4.69, 9.17) is 21.7 Å². The first-order chi connectivity index (χ1) is 7.56. The zero-order valence-electron chi connectivity index (χ0n) is 10.2. The minimum Gasteiger partial charge on any atom is -0.476 e. The second-order valence-electron chi connectivity index (χ2n) is 3.59. The summed E-state index contributed by atoms with van der Waals surface area (Å²) in [6, 6.07) is 0. The number of unbranched alkanes of at least 4 members (excludes halogenated alkanes) is 1. The molecule has 0 aromatic carbocycles. The molecular formula is C11H20O3S2. The molecule has 0 aliphatic heterocycles. The van der Waals surface area contributed by atoms with Gasteiger partial charge < -0.3 is 9.47 Å². The van der Waals surface area contributed by atoms with Gasteiger partial charge in [-0.2, -0.15) is 0 Å². The van der Waals surface area contributed by atoms with Gasteiger partial charge in [-0.15, -0.1) is 0 Å². The fraction of sp³-hybridized carbons (Fsp3) is 0.818. The number of rotatable bonds is 7. The lowest BCUT2D eigenvalue weighted by molar-refractivity contribution is -0.143. The van der Waals surface area contributed by atoms with E-state index < -0.39 is 0 Å². The molecule has 0 aromatic rings. The van der Waals surface area contributed by atoms with Gasteiger partial charge in [-0.25, -0.2) is 0 Å². The van der Waals surface area contributed by atoms with Crippen LogP contribution in [0.3, 0.4) is 0 Å². The van der Waals surface area contributed by atoms with Crippen LogP contribution in [0, 0.1) is 0 Å². The number of ether oxygens (including phenoxy) is 2. The molecule has 0 aromatic heterocycles. The Balaban J connectivity index is 3.38. The van der Waals surface area contributed by atoms with Crippen molar-refractivity contribution in [2.75, 3.05) is 12.4 Å². The predicted molar refractivity (Wildman–Crippen MR) is 71.8 cm³/mol. The molecule has 0 saturated heterocycles. The van der Waals surface area contributed by atoms with Gasteiger partial charge in [-0.3, -0.25) is 4.79 Å². The summed E-state index contributed by atoms with van der Waals surface area (Å²) in [6.45, 7) is 6.30. The van der Waals surface area contributed by atoms with E-state index in [1.54, 1.807) is 0 Å². The van der Waals surface area contributed by atoms with Crippen molar-refractivity contribution in [2.24, 2.45) is 0 Å². The Bertz CT molecular complexity index is 217. The van der Waals surface area contributed by atoms with E-state index in [1.807, 2.05) is 20.8 Å². The molecule has 0 amide bonds. The Morgan fingerprint density at radius 2 is 2.12 bits per heavy atom. The molecule has 0 saturated carbocycles. The van der Waals surface area contributed by atoms with Crippen LogP contribution in [-0.2, 0) is 14.3 Å². The smallest absolute Gasteiger partial charge is 0.305 e. The summed E-state index contributed by atoms with van der Waals surface area (Å²) in [5.74, 6) is 0.529. The second-order valence-corrected chi connectivity index (χ2v) is 5.29.